The van der Waals surface area contributed by atoms with Crippen LogP contribution in [0.4, 0.5) is 0 Å². The first-order valence-corrected chi connectivity index (χ1v) is 8.40. The molecule has 3 N–H and O–H groups in total. The number of aromatic amines is 1. The molecule has 1 fully saturated rings. The van der Waals surface area contributed by atoms with Crippen LogP contribution in [0.3, 0.4) is 0 Å². The lowest BCUT2D eigenvalue weighted by molar-refractivity contribution is 0.250. The number of nitrogens with zero attached hydrogens (tertiary/aromatic N) is 3. The second kappa shape index (κ2) is 6.66. The summed E-state index contributed by atoms with van der Waals surface area (Å²) in [6, 6.07) is 1.49. The highest BCUT2D eigenvalue weighted by Gasteiger charge is 2.27. The van der Waals surface area contributed by atoms with E-state index >= 15 is 0 Å². The number of sulfonamides is 1. The quantitative estimate of drug-likeness (QED) is 0.778. The summed E-state index contributed by atoms with van der Waals surface area (Å²) in [7, 11) is -3.44. The van der Waals surface area contributed by atoms with Gasteiger partial charge in [-0.25, -0.2) is 8.42 Å². The van der Waals surface area contributed by atoms with E-state index in [-0.39, 0.29) is 5.03 Å². The van der Waals surface area contributed by atoms with E-state index in [1.165, 1.54) is 16.6 Å². The monoisotopic (exact) mass is 301 g/mol. The zero-order valence-electron chi connectivity index (χ0n) is 11.8. The predicted octanol–water partition coefficient (Wildman–Crippen LogP) is -0.299. The van der Waals surface area contributed by atoms with Crippen molar-refractivity contribution in [3.8, 4) is 0 Å². The molecule has 0 aromatic carbocycles. The van der Waals surface area contributed by atoms with Gasteiger partial charge in [-0.2, -0.15) is 9.40 Å². The van der Waals surface area contributed by atoms with E-state index in [0.717, 1.165) is 26.1 Å². The molecule has 1 aliphatic heterocycles. The maximum atomic E-state index is 12.4. The molecular formula is C12H23N5O2S. The van der Waals surface area contributed by atoms with Crippen LogP contribution in [0, 0.1) is 5.92 Å². The van der Waals surface area contributed by atoms with Gasteiger partial charge >= 0.3 is 0 Å². The molecule has 1 aliphatic rings. The van der Waals surface area contributed by atoms with Gasteiger partial charge in [-0.1, -0.05) is 6.92 Å². The molecule has 0 amide bonds. The zero-order chi connectivity index (χ0) is 14.6. The van der Waals surface area contributed by atoms with Crippen molar-refractivity contribution >= 4 is 10.0 Å². The maximum absolute atomic E-state index is 12.4. The summed E-state index contributed by atoms with van der Waals surface area (Å²) in [4.78, 5) is 2.29. The second-order valence-corrected chi connectivity index (χ2v) is 7.23. The topological polar surface area (TPSA) is 95.3 Å². The molecule has 1 atom stereocenters. The lowest BCUT2D eigenvalue weighted by atomic mass is 10.1. The molecule has 8 heteroatoms. The van der Waals surface area contributed by atoms with Crippen LogP contribution < -0.4 is 5.73 Å². The lowest BCUT2D eigenvalue weighted by Crippen LogP contribution is -2.37. The fraction of sp³-hybridized carbons (Fsp3) is 0.750. The molecule has 1 saturated heterocycles. The van der Waals surface area contributed by atoms with E-state index in [9.17, 15) is 8.42 Å². The van der Waals surface area contributed by atoms with Crippen molar-refractivity contribution in [3.05, 3.63) is 12.3 Å². The number of rotatable bonds is 5. The normalized spacial score (nSPS) is 20.7. The largest absolute Gasteiger partial charge is 0.330 e. The number of hydrogen-bond donors (Lipinski definition) is 2. The first-order chi connectivity index (χ1) is 9.54. The Bertz CT molecular complexity index is 502. The van der Waals surface area contributed by atoms with E-state index in [4.69, 9.17) is 5.73 Å². The molecule has 1 aromatic rings. The predicted molar refractivity (Wildman–Crippen MR) is 76.6 cm³/mol. The molecule has 0 spiro atoms. The number of H-pyrrole nitrogens is 1. The second-order valence-electron chi connectivity index (χ2n) is 5.32. The third-order valence-corrected chi connectivity index (χ3v) is 5.44. The average molecular weight is 301 g/mol. The third kappa shape index (κ3) is 3.57. The smallest absolute Gasteiger partial charge is 0.260 e. The van der Waals surface area contributed by atoms with E-state index in [1.807, 2.05) is 0 Å². The highest BCUT2D eigenvalue weighted by Crippen LogP contribution is 2.15. The summed E-state index contributed by atoms with van der Waals surface area (Å²) in [5.74, 6) is 0.436. The molecule has 1 aromatic heterocycles. The molecule has 2 rings (SSSR count). The van der Waals surface area contributed by atoms with Gasteiger partial charge in [0.2, 0.25) is 0 Å². The van der Waals surface area contributed by atoms with Gasteiger partial charge in [0.1, 0.15) is 0 Å². The summed E-state index contributed by atoms with van der Waals surface area (Å²) < 4.78 is 26.3. The van der Waals surface area contributed by atoms with Crippen molar-refractivity contribution < 1.29 is 8.42 Å². The molecule has 2 heterocycles. The van der Waals surface area contributed by atoms with E-state index < -0.39 is 10.0 Å². The fourth-order valence-corrected chi connectivity index (χ4v) is 3.78. The number of hydrogen-bond acceptors (Lipinski definition) is 5. The molecule has 0 aliphatic carbocycles. The van der Waals surface area contributed by atoms with Gasteiger partial charge in [0.15, 0.2) is 5.03 Å². The van der Waals surface area contributed by atoms with Crippen molar-refractivity contribution in [2.24, 2.45) is 11.7 Å². The molecule has 1 unspecified atom stereocenters. The lowest BCUT2D eigenvalue weighted by Gasteiger charge is -2.23. The number of nitrogens with one attached hydrogen (secondary N) is 1. The van der Waals surface area contributed by atoms with Crippen molar-refractivity contribution in [1.29, 1.82) is 0 Å². The van der Waals surface area contributed by atoms with Crippen LogP contribution in [0.5, 0.6) is 0 Å². The molecule has 0 saturated carbocycles. The summed E-state index contributed by atoms with van der Waals surface area (Å²) in [6.07, 6.45) is 2.30. The summed E-state index contributed by atoms with van der Waals surface area (Å²) in [5, 5.41) is 6.42. The fourth-order valence-electron chi connectivity index (χ4n) is 2.41. The van der Waals surface area contributed by atoms with Gasteiger partial charge in [-0.15, -0.1) is 0 Å². The van der Waals surface area contributed by atoms with Crippen LogP contribution in [0.1, 0.15) is 13.3 Å². The highest BCUT2D eigenvalue weighted by atomic mass is 32.2. The maximum Gasteiger partial charge on any atom is 0.260 e. The Hall–Kier alpha value is -0.960. The van der Waals surface area contributed by atoms with Crippen molar-refractivity contribution in [2.45, 2.75) is 18.4 Å². The van der Waals surface area contributed by atoms with E-state index in [2.05, 4.69) is 22.0 Å². The van der Waals surface area contributed by atoms with Gasteiger partial charge in [-0.05, 0) is 31.5 Å². The van der Waals surface area contributed by atoms with Crippen LogP contribution in [-0.4, -0.2) is 67.1 Å². The molecule has 0 bridgehead atoms. The minimum absolute atomic E-state index is 0.168. The van der Waals surface area contributed by atoms with Gasteiger partial charge in [-0.3, -0.25) is 5.10 Å². The first kappa shape index (κ1) is 15.4. The minimum atomic E-state index is -3.44. The van der Waals surface area contributed by atoms with Gasteiger partial charge in [0, 0.05) is 26.2 Å². The Labute approximate surface area is 120 Å². The molecule has 114 valence electrons. The minimum Gasteiger partial charge on any atom is -0.330 e. The van der Waals surface area contributed by atoms with Gasteiger partial charge < -0.3 is 10.6 Å². The van der Waals surface area contributed by atoms with Crippen LogP contribution in [-0.2, 0) is 10.0 Å². The first-order valence-electron chi connectivity index (χ1n) is 6.96. The zero-order valence-corrected chi connectivity index (χ0v) is 12.6. The van der Waals surface area contributed by atoms with E-state index in [1.54, 1.807) is 0 Å². The van der Waals surface area contributed by atoms with Crippen LogP contribution >= 0.6 is 0 Å². The number of aromatic nitrogens is 2. The molecule has 20 heavy (non-hydrogen) atoms. The summed E-state index contributed by atoms with van der Waals surface area (Å²) >= 11 is 0. The Morgan fingerprint density at radius 1 is 1.40 bits per heavy atom. The van der Waals surface area contributed by atoms with Crippen molar-refractivity contribution in [1.82, 2.24) is 19.4 Å². The van der Waals surface area contributed by atoms with Crippen LogP contribution in [0.15, 0.2) is 17.3 Å². The Morgan fingerprint density at radius 3 is 2.85 bits per heavy atom. The van der Waals surface area contributed by atoms with E-state index in [0.29, 0.717) is 25.6 Å². The summed E-state index contributed by atoms with van der Waals surface area (Å²) in [5.41, 5.74) is 5.64. The average Bonchev–Trinajstić information content (AvgIpc) is 2.87. The molecule has 0 radical (unpaired) electrons. The molecule has 7 nitrogen and oxygen atoms in total. The van der Waals surface area contributed by atoms with Crippen LogP contribution in [0.2, 0.25) is 0 Å². The number of nitrogens with two attached hydrogens (primary N) is 1. The van der Waals surface area contributed by atoms with Crippen molar-refractivity contribution in [3.63, 3.8) is 0 Å². The van der Waals surface area contributed by atoms with Gasteiger partial charge in [0.05, 0.1) is 6.20 Å². The Morgan fingerprint density at radius 2 is 2.20 bits per heavy atom. The molecular weight excluding hydrogens is 278 g/mol. The summed E-state index contributed by atoms with van der Waals surface area (Å²) in [6.45, 7) is 6.43. The SMILES string of the molecule is CC(CN)CN1CCCN(S(=O)(=O)c2ccn[nH]2)CC1. The highest BCUT2D eigenvalue weighted by molar-refractivity contribution is 7.89. The third-order valence-electron chi connectivity index (χ3n) is 3.61. The van der Waals surface area contributed by atoms with Crippen LogP contribution in [0.25, 0.3) is 0 Å². The van der Waals surface area contributed by atoms with Gasteiger partial charge in [0.25, 0.3) is 10.0 Å². The Kier molecular flexibility index (Phi) is 5.14. The van der Waals surface area contributed by atoms with Crippen molar-refractivity contribution in [2.75, 3.05) is 39.3 Å². The standard InChI is InChI=1S/C12H23N5O2S/c1-11(9-13)10-16-5-2-6-17(8-7-16)20(18,19)12-3-4-14-15-12/h3-4,11H,2,5-10,13H2,1H3,(H,14,15). The Balaban J connectivity index is 1.99.